The van der Waals surface area contributed by atoms with Gasteiger partial charge in [0.15, 0.2) is 5.65 Å². The number of benzene rings is 1. The summed E-state index contributed by atoms with van der Waals surface area (Å²) in [5.74, 6) is -0.394. The average Bonchev–Trinajstić information content (AvgIpc) is 2.96. The number of fused-ring (bicyclic) bond motifs is 1. The zero-order valence-electron chi connectivity index (χ0n) is 12.0. The van der Waals surface area contributed by atoms with Gasteiger partial charge in [0.2, 0.25) is 5.88 Å². The zero-order chi connectivity index (χ0) is 17.1. The molecule has 0 bridgehead atoms. The van der Waals surface area contributed by atoms with E-state index in [2.05, 4.69) is 15.4 Å². The van der Waals surface area contributed by atoms with E-state index in [4.69, 9.17) is 21.6 Å². The van der Waals surface area contributed by atoms with E-state index in [0.29, 0.717) is 5.56 Å². The number of aromatic nitrogens is 3. The van der Waals surface area contributed by atoms with Crippen molar-refractivity contribution in [3.05, 3.63) is 58.6 Å². The molecule has 1 aromatic carbocycles. The average molecular weight is 346 g/mol. The number of carbonyl (C=O) groups excluding carboxylic acids is 1. The Morgan fingerprint density at radius 3 is 3.04 bits per heavy atom. The summed E-state index contributed by atoms with van der Waals surface area (Å²) in [7, 11) is 0. The van der Waals surface area contributed by atoms with Crippen LogP contribution in [0.3, 0.4) is 0 Å². The molecule has 0 aliphatic rings. The van der Waals surface area contributed by atoms with Gasteiger partial charge in [-0.05, 0) is 17.7 Å². The van der Waals surface area contributed by atoms with E-state index in [1.807, 2.05) is 6.07 Å². The van der Waals surface area contributed by atoms with E-state index in [0.717, 1.165) is 0 Å². The summed E-state index contributed by atoms with van der Waals surface area (Å²) < 4.78 is 19.4. The Kier molecular flexibility index (Phi) is 4.26. The molecular weight excluding hydrogens is 337 g/mol. The summed E-state index contributed by atoms with van der Waals surface area (Å²) in [6.45, 7) is 0.0844. The maximum Gasteiger partial charge on any atom is 0.414 e. The molecule has 0 atom stereocenters. The van der Waals surface area contributed by atoms with E-state index in [1.165, 1.54) is 35.0 Å². The molecule has 120 valence electrons. The minimum atomic E-state index is -0.781. The largest absolute Gasteiger partial charge is 0.414 e. The lowest BCUT2D eigenvalue weighted by atomic mass is 10.2. The number of amides is 1. The van der Waals surface area contributed by atoms with Crippen LogP contribution in [-0.4, -0.2) is 20.7 Å². The summed E-state index contributed by atoms with van der Waals surface area (Å²) in [6.07, 6.45) is 0.507. The van der Waals surface area contributed by atoms with Gasteiger partial charge in [0, 0.05) is 12.6 Å². The molecule has 0 aliphatic carbocycles. The van der Waals surface area contributed by atoms with Gasteiger partial charge in [-0.1, -0.05) is 23.7 Å². The molecule has 2 heterocycles. The van der Waals surface area contributed by atoms with Crippen molar-refractivity contribution in [1.29, 1.82) is 5.26 Å². The van der Waals surface area contributed by atoms with Crippen molar-refractivity contribution in [2.75, 3.05) is 0 Å². The van der Waals surface area contributed by atoms with Gasteiger partial charge in [-0.25, -0.2) is 14.2 Å². The van der Waals surface area contributed by atoms with Gasteiger partial charge in [-0.15, -0.1) is 0 Å². The molecule has 0 unspecified atom stereocenters. The van der Waals surface area contributed by atoms with Gasteiger partial charge in [-0.3, -0.25) is 0 Å². The third-order valence-electron chi connectivity index (χ3n) is 3.05. The fourth-order valence-electron chi connectivity index (χ4n) is 2.01. The monoisotopic (exact) mass is 345 g/mol. The van der Waals surface area contributed by atoms with Crippen molar-refractivity contribution in [1.82, 2.24) is 19.9 Å². The summed E-state index contributed by atoms with van der Waals surface area (Å²) >= 11 is 5.87. The first kappa shape index (κ1) is 15.7. The number of nitriles is 1. The SMILES string of the molecule is N#Cc1cnn2c(OC(=O)NCc3cccc(F)c3)cc(Cl)nc12. The fraction of sp³-hybridized carbons (Fsp3) is 0.0667. The van der Waals surface area contributed by atoms with Gasteiger partial charge in [0.1, 0.15) is 22.6 Å². The number of rotatable bonds is 3. The van der Waals surface area contributed by atoms with Crippen LogP contribution >= 0.6 is 11.6 Å². The van der Waals surface area contributed by atoms with Crippen molar-refractivity contribution >= 4 is 23.3 Å². The Hall–Kier alpha value is -3.18. The zero-order valence-corrected chi connectivity index (χ0v) is 12.8. The highest BCUT2D eigenvalue weighted by Crippen LogP contribution is 2.20. The maximum absolute atomic E-state index is 13.1. The van der Waals surface area contributed by atoms with Gasteiger partial charge in [0.05, 0.1) is 6.20 Å². The Morgan fingerprint density at radius 1 is 1.46 bits per heavy atom. The lowest BCUT2D eigenvalue weighted by Gasteiger charge is -2.08. The molecule has 0 radical (unpaired) electrons. The van der Waals surface area contributed by atoms with E-state index >= 15 is 0 Å². The van der Waals surface area contributed by atoms with Gasteiger partial charge in [-0.2, -0.15) is 14.9 Å². The molecule has 9 heteroatoms. The molecule has 7 nitrogen and oxygen atoms in total. The van der Waals surface area contributed by atoms with Crippen LogP contribution in [0.5, 0.6) is 5.88 Å². The molecule has 0 spiro atoms. The molecule has 3 rings (SSSR count). The lowest BCUT2D eigenvalue weighted by Crippen LogP contribution is -2.27. The van der Waals surface area contributed by atoms with Gasteiger partial charge >= 0.3 is 6.09 Å². The standard InChI is InChI=1S/C15H9ClFN5O2/c16-12-5-13(22-14(21-12)10(6-18)8-20-22)24-15(23)19-7-9-2-1-3-11(17)4-9/h1-5,8H,7H2,(H,19,23). The Morgan fingerprint density at radius 2 is 2.29 bits per heavy atom. The Bertz CT molecular complexity index is 966. The number of carbonyl (C=O) groups is 1. The van der Waals surface area contributed by atoms with E-state index in [9.17, 15) is 9.18 Å². The van der Waals surface area contributed by atoms with Gasteiger partial charge < -0.3 is 10.1 Å². The summed E-state index contributed by atoms with van der Waals surface area (Å²) in [4.78, 5) is 15.9. The van der Waals surface area contributed by atoms with Crippen molar-refractivity contribution < 1.29 is 13.9 Å². The molecule has 24 heavy (non-hydrogen) atoms. The van der Waals surface area contributed by atoms with Crippen LogP contribution in [0.25, 0.3) is 5.65 Å². The smallest absolute Gasteiger partial charge is 0.391 e. The minimum Gasteiger partial charge on any atom is -0.391 e. The quantitative estimate of drug-likeness (QED) is 0.737. The molecule has 0 saturated heterocycles. The number of ether oxygens (including phenoxy) is 1. The van der Waals surface area contributed by atoms with E-state index in [1.54, 1.807) is 6.07 Å². The van der Waals surface area contributed by atoms with Gasteiger partial charge in [0.25, 0.3) is 0 Å². The molecule has 1 N–H and O–H groups in total. The first-order chi connectivity index (χ1) is 11.6. The van der Waals surface area contributed by atoms with Crippen LogP contribution in [-0.2, 0) is 6.54 Å². The van der Waals surface area contributed by atoms with Crippen molar-refractivity contribution in [2.24, 2.45) is 0 Å². The van der Waals surface area contributed by atoms with Crippen LogP contribution in [0.15, 0.2) is 36.5 Å². The lowest BCUT2D eigenvalue weighted by molar-refractivity contribution is 0.197. The molecule has 3 aromatic rings. The number of hydrogen-bond donors (Lipinski definition) is 1. The first-order valence-electron chi connectivity index (χ1n) is 6.71. The van der Waals surface area contributed by atoms with Crippen molar-refractivity contribution in [2.45, 2.75) is 6.54 Å². The second-order valence-corrected chi connectivity index (χ2v) is 5.08. The highest BCUT2D eigenvalue weighted by molar-refractivity contribution is 6.29. The van der Waals surface area contributed by atoms with Crippen LogP contribution < -0.4 is 10.1 Å². The summed E-state index contributed by atoms with van der Waals surface area (Å²) in [6, 6.07) is 9.02. The predicted molar refractivity (Wildman–Crippen MR) is 82.0 cm³/mol. The summed E-state index contributed by atoms with van der Waals surface area (Å²) in [5, 5.41) is 15.4. The molecule has 0 aliphatic heterocycles. The van der Waals surface area contributed by atoms with Crippen LogP contribution in [0.2, 0.25) is 5.15 Å². The van der Waals surface area contributed by atoms with Crippen LogP contribution in [0.4, 0.5) is 9.18 Å². The second kappa shape index (κ2) is 6.52. The normalized spacial score (nSPS) is 10.4. The first-order valence-corrected chi connectivity index (χ1v) is 7.09. The minimum absolute atomic E-state index is 0.00300. The number of hydrogen-bond acceptors (Lipinski definition) is 5. The molecular formula is C15H9ClFN5O2. The molecule has 1 amide bonds. The number of halogens is 2. The van der Waals surface area contributed by atoms with Crippen molar-refractivity contribution in [3.8, 4) is 11.9 Å². The van der Waals surface area contributed by atoms with Crippen LogP contribution in [0.1, 0.15) is 11.1 Å². The summed E-state index contributed by atoms with van der Waals surface area (Å²) in [5.41, 5.74) is 0.955. The van der Waals surface area contributed by atoms with E-state index < -0.39 is 11.9 Å². The predicted octanol–water partition coefficient (Wildman–Crippen LogP) is 2.68. The highest BCUT2D eigenvalue weighted by Gasteiger charge is 2.14. The fourth-order valence-corrected chi connectivity index (χ4v) is 2.18. The Labute approximate surface area is 140 Å². The number of nitrogens with zero attached hydrogens (tertiary/aromatic N) is 4. The molecule has 0 saturated carbocycles. The van der Waals surface area contributed by atoms with Crippen LogP contribution in [0, 0.1) is 17.1 Å². The highest BCUT2D eigenvalue weighted by atomic mass is 35.5. The molecule has 2 aromatic heterocycles. The second-order valence-electron chi connectivity index (χ2n) is 4.70. The topological polar surface area (TPSA) is 92.3 Å². The Balaban J connectivity index is 1.76. The number of nitrogens with one attached hydrogen (secondary N) is 1. The molecule has 0 fully saturated rings. The third-order valence-corrected chi connectivity index (χ3v) is 3.25. The third kappa shape index (κ3) is 3.26. The van der Waals surface area contributed by atoms with E-state index in [-0.39, 0.29) is 28.8 Å². The maximum atomic E-state index is 13.1. The van der Waals surface area contributed by atoms with Crippen molar-refractivity contribution in [3.63, 3.8) is 0 Å².